The molecule has 3 nitrogen and oxygen atoms in total. The van der Waals surface area contributed by atoms with Crippen molar-refractivity contribution in [3.8, 4) is 6.07 Å². The second kappa shape index (κ2) is 7.91. The van der Waals surface area contributed by atoms with Gasteiger partial charge in [-0.1, -0.05) is 25.5 Å². The lowest BCUT2D eigenvalue weighted by Crippen LogP contribution is -2.24. The molecule has 0 saturated heterocycles. The fourth-order valence-corrected chi connectivity index (χ4v) is 2.19. The average Bonchev–Trinajstić information content (AvgIpc) is 2.44. The molecule has 0 unspecified atom stereocenters. The summed E-state index contributed by atoms with van der Waals surface area (Å²) in [7, 11) is 0. The summed E-state index contributed by atoms with van der Waals surface area (Å²) in [6.07, 6.45) is 3.23. The highest BCUT2D eigenvalue weighted by Gasteiger charge is 2.15. The number of nitriles is 1. The van der Waals surface area contributed by atoms with Crippen LogP contribution in [0.15, 0.2) is 24.3 Å². The fourth-order valence-electron chi connectivity index (χ4n) is 2.19. The molecule has 0 atom stereocenters. The first kappa shape index (κ1) is 16.5. The summed E-state index contributed by atoms with van der Waals surface area (Å²) in [6.45, 7) is 9.32. The SMILES string of the molecule is CCN(CCCCC(C)(C)C#N)Cc1ccc(N)cc1. The molecule has 110 valence electrons. The predicted molar refractivity (Wildman–Crippen MR) is 85.1 cm³/mol. The quantitative estimate of drug-likeness (QED) is 0.579. The van der Waals surface area contributed by atoms with Crippen LogP contribution in [0.2, 0.25) is 0 Å². The highest BCUT2D eigenvalue weighted by molar-refractivity contribution is 5.39. The number of hydrogen-bond acceptors (Lipinski definition) is 3. The summed E-state index contributed by atoms with van der Waals surface area (Å²) in [5, 5.41) is 9.00. The predicted octanol–water partition coefficient (Wildman–Crippen LogP) is 3.81. The van der Waals surface area contributed by atoms with Crippen molar-refractivity contribution >= 4 is 5.69 Å². The Labute approximate surface area is 123 Å². The van der Waals surface area contributed by atoms with Gasteiger partial charge < -0.3 is 5.73 Å². The Balaban J connectivity index is 2.33. The fraction of sp³-hybridized carbons (Fsp3) is 0.588. The zero-order valence-corrected chi connectivity index (χ0v) is 13.0. The number of rotatable bonds is 8. The van der Waals surface area contributed by atoms with Crippen molar-refractivity contribution < 1.29 is 0 Å². The number of nitrogen functional groups attached to an aromatic ring is 1. The van der Waals surface area contributed by atoms with Gasteiger partial charge in [-0.05, 0) is 57.5 Å². The largest absolute Gasteiger partial charge is 0.399 e. The number of nitrogens with two attached hydrogens (primary N) is 1. The van der Waals surface area contributed by atoms with Crippen LogP contribution in [-0.4, -0.2) is 18.0 Å². The van der Waals surface area contributed by atoms with E-state index in [1.54, 1.807) is 0 Å². The van der Waals surface area contributed by atoms with E-state index < -0.39 is 0 Å². The van der Waals surface area contributed by atoms with Crippen molar-refractivity contribution in [1.29, 1.82) is 5.26 Å². The third kappa shape index (κ3) is 6.08. The smallest absolute Gasteiger partial charge is 0.0683 e. The third-order valence-corrected chi connectivity index (χ3v) is 3.66. The molecule has 0 spiro atoms. The number of anilines is 1. The number of nitrogens with zero attached hydrogens (tertiary/aromatic N) is 2. The third-order valence-electron chi connectivity index (χ3n) is 3.66. The molecule has 0 saturated carbocycles. The molecule has 0 aliphatic heterocycles. The van der Waals surface area contributed by atoms with Gasteiger partial charge in [0.15, 0.2) is 0 Å². The van der Waals surface area contributed by atoms with E-state index in [9.17, 15) is 0 Å². The van der Waals surface area contributed by atoms with Crippen LogP contribution < -0.4 is 5.73 Å². The zero-order valence-electron chi connectivity index (χ0n) is 13.0. The Morgan fingerprint density at radius 1 is 1.20 bits per heavy atom. The van der Waals surface area contributed by atoms with Crippen LogP contribution in [0.1, 0.15) is 45.6 Å². The first-order valence-electron chi connectivity index (χ1n) is 7.45. The maximum Gasteiger partial charge on any atom is 0.0683 e. The van der Waals surface area contributed by atoms with Gasteiger partial charge in [-0.15, -0.1) is 0 Å². The Morgan fingerprint density at radius 3 is 2.40 bits per heavy atom. The molecule has 1 aromatic carbocycles. The number of benzene rings is 1. The normalized spacial score (nSPS) is 11.6. The van der Waals surface area contributed by atoms with Crippen molar-refractivity contribution in [2.45, 2.75) is 46.6 Å². The van der Waals surface area contributed by atoms with Crippen LogP contribution in [0.4, 0.5) is 5.69 Å². The Morgan fingerprint density at radius 2 is 1.85 bits per heavy atom. The van der Waals surface area contributed by atoms with E-state index in [1.807, 2.05) is 26.0 Å². The Bertz CT molecular complexity index is 429. The standard InChI is InChI=1S/C17H27N3/c1-4-20(12-6-5-11-17(2,3)14-18)13-15-7-9-16(19)10-8-15/h7-10H,4-6,11-13,19H2,1-3H3. The summed E-state index contributed by atoms with van der Waals surface area (Å²) in [6, 6.07) is 10.5. The maximum absolute atomic E-state index is 9.00. The summed E-state index contributed by atoms with van der Waals surface area (Å²) in [5.41, 5.74) is 7.64. The summed E-state index contributed by atoms with van der Waals surface area (Å²) >= 11 is 0. The highest BCUT2D eigenvalue weighted by atomic mass is 15.1. The highest BCUT2D eigenvalue weighted by Crippen LogP contribution is 2.21. The van der Waals surface area contributed by atoms with Crippen molar-refractivity contribution in [3.05, 3.63) is 29.8 Å². The molecule has 0 heterocycles. The Kier molecular flexibility index (Phi) is 6.54. The summed E-state index contributed by atoms with van der Waals surface area (Å²) in [4.78, 5) is 2.44. The minimum Gasteiger partial charge on any atom is -0.399 e. The maximum atomic E-state index is 9.00. The van der Waals surface area contributed by atoms with Crippen LogP contribution in [0, 0.1) is 16.7 Å². The molecule has 0 aliphatic rings. The number of unbranched alkanes of at least 4 members (excludes halogenated alkanes) is 1. The second-order valence-electron chi connectivity index (χ2n) is 6.06. The van der Waals surface area contributed by atoms with E-state index in [2.05, 4.69) is 30.0 Å². The van der Waals surface area contributed by atoms with E-state index >= 15 is 0 Å². The van der Waals surface area contributed by atoms with Gasteiger partial charge in [0.1, 0.15) is 0 Å². The summed E-state index contributed by atoms with van der Waals surface area (Å²) < 4.78 is 0. The molecule has 1 rings (SSSR count). The minimum atomic E-state index is -0.187. The van der Waals surface area contributed by atoms with E-state index in [4.69, 9.17) is 11.0 Å². The van der Waals surface area contributed by atoms with E-state index in [0.717, 1.165) is 44.6 Å². The van der Waals surface area contributed by atoms with E-state index in [1.165, 1.54) is 5.56 Å². The molecule has 2 N–H and O–H groups in total. The molecule has 0 amide bonds. The van der Waals surface area contributed by atoms with Crippen LogP contribution in [0.25, 0.3) is 0 Å². The van der Waals surface area contributed by atoms with Gasteiger partial charge in [0, 0.05) is 12.2 Å². The van der Waals surface area contributed by atoms with Gasteiger partial charge >= 0.3 is 0 Å². The zero-order chi connectivity index (χ0) is 15.0. The van der Waals surface area contributed by atoms with Crippen molar-refractivity contribution in [3.63, 3.8) is 0 Å². The van der Waals surface area contributed by atoms with Crippen LogP contribution in [0.3, 0.4) is 0 Å². The van der Waals surface area contributed by atoms with Gasteiger partial charge in [-0.25, -0.2) is 0 Å². The van der Waals surface area contributed by atoms with Crippen molar-refractivity contribution in [2.24, 2.45) is 5.41 Å². The minimum absolute atomic E-state index is 0.187. The van der Waals surface area contributed by atoms with Gasteiger partial charge in [-0.2, -0.15) is 5.26 Å². The Hall–Kier alpha value is -1.53. The molecule has 0 radical (unpaired) electrons. The molecular formula is C17H27N3. The molecule has 3 heteroatoms. The second-order valence-corrected chi connectivity index (χ2v) is 6.06. The van der Waals surface area contributed by atoms with Gasteiger partial charge in [0.2, 0.25) is 0 Å². The molecule has 0 aromatic heterocycles. The van der Waals surface area contributed by atoms with Crippen LogP contribution in [0.5, 0.6) is 0 Å². The number of hydrogen-bond donors (Lipinski definition) is 1. The van der Waals surface area contributed by atoms with Crippen molar-refractivity contribution in [1.82, 2.24) is 4.90 Å². The first-order valence-corrected chi connectivity index (χ1v) is 7.45. The van der Waals surface area contributed by atoms with Gasteiger partial charge in [-0.3, -0.25) is 4.90 Å². The lowest BCUT2D eigenvalue weighted by molar-refractivity contribution is 0.267. The molecule has 0 bridgehead atoms. The molecule has 1 aromatic rings. The molecule has 0 aliphatic carbocycles. The van der Waals surface area contributed by atoms with Crippen LogP contribution >= 0.6 is 0 Å². The van der Waals surface area contributed by atoms with E-state index in [0.29, 0.717) is 0 Å². The molecule has 0 fully saturated rings. The van der Waals surface area contributed by atoms with Gasteiger partial charge in [0.05, 0.1) is 11.5 Å². The van der Waals surface area contributed by atoms with E-state index in [-0.39, 0.29) is 5.41 Å². The lowest BCUT2D eigenvalue weighted by atomic mass is 9.89. The monoisotopic (exact) mass is 273 g/mol. The molecular weight excluding hydrogens is 246 g/mol. The first-order chi connectivity index (χ1) is 9.46. The summed E-state index contributed by atoms with van der Waals surface area (Å²) in [5.74, 6) is 0. The topological polar surface area (TPSA) is 53.0 Å². The average molecular weight is 273 g/mol. The van der Waals surface area contributed by atoms with Crippen molar-refractivity contribution in [2.75, 3.05) is 18.8 Å². The van der Waals surface area contributed by atoms with Gasteiger partial charge in [0.25, 0.3) is 0 Å². The molecule has 20 heavy (non-hydrogen) atoms. The lowest BCUT2D eigenvalue weighted by Gasteiger charge is -2.21. The van der Waals surface area contributed by atoms with Crippen LogP contribution in [-0.2, 0) is 6.54 Å².